The lowest BCUT2D eigenvalue weighted by Crippen LogP contribution is -1.96. The minimum atomic E-state index is -0.237. The van der Waals surface area contributed by atoms with Gasteiger partial charge >= 0.3 is 0 Å². The Kier molecular flexibility index (Phi) is 4.29. The van der Waals surface area contributed by atoms with Gasteiger partial charge in [0, 0.05) is 24.8 Å². The molecule has 0 aliphatic rings. The number of methoxy groups -OCH3 is 1. The molecule has 1 aromatic carbocycles. The zero-order valence-electron chi connectivity index (χ0n) is 8.16. The number of hydrogen-bond acceptors (Lipinski definition) is 2. The molecule has 76 valence electrons. The standard InChI is InChI=1S/C11H14FNO/c1-14-8-10-5-2-4-9(11(10)12)6-3-7-13/h2-6H,7-8,13H2,1H3/b6-3+. The Morgan fingerprint density at radius 3 is 2.93 bits per heavy atom. The van der Waals surface area contributed by atoms with E-state index in [-0.39, 0.29) is 12.4 Å². The normalized spacial score (nSPS) is 11.1. The van der Waals surface area contributed by atoms with E-state index < -0.39 is 0 Å². The molecule has 1 aromatic rings. The Balaban J connectivity index is 2.95. The van der Waals surface area contributed by atoms with Crippen molar-refractivity contribution in [3.05, 3.63) is 41.2 Å². The highest BCUT2D eigenvalue weighted by molar-refractivity contribution is 5.51. The van der Waals surface area contributed by atoms with Gasteiger partial charge in [0.25, 0.3) is 0 Å². The fourth-order valence-corrected chi connectivity index (χ4v) is 1.19. The van der Waals surface area contributed by atoms with Gasteiger partial charge in [-0.25, -0.2) is 4.39 Å². The van der Waals surface area contributed by atoms with E-state index in [2.05, 4.69) is 0 Å². The third kappa shape index (κ3) is 2.65. The van der Waals surface area contributed by atoms with Crippen LogP contribution in [0.4, 0.5) is 4.39 Å². The number of ether oxygens (including phenoxy) is 1. The Labute approximate surface area is 83.2 Å². The van der Waals surface area contributed by atoms with Crippen molar-refractivity contribution in [2.75, 3.05) is 13.7 Å². The molecule has 14 heavy (non-hydrogen) atoms. The van der Waals surface area contributed by atoms with Crippen molar-refractivity contribution in [1.29, 1.82) is 0 Å². The molecule has 0 atom stereocenters. The van der Waals surface area contributed by atoms with Crippen LogP contribution in [0.2, 0.25) is 0 Å². The van der Waals surface area contributed by atoms with Gasteiger partial charge in [-0.1, -0.05) is 30.4 Å². The molecule has 0 aliphatic heterocycles. The summed E-state index contributed by atoms with van der Waals surface area (Å²) in [6, 6.07) is 5.22. The number of halogens is 1. The van der Waals surface area contributed by atoms with Gasteiger partial charge in [0.1, 0.15) is 5.82 Å². The van der Waals surface area contributed by atoms with E-state index in [0.717, 1.165) is 0 Å². The smallest absolute Gasteiger partial charge is 0.135 e. The van der Waals surface area contributed by atoms with Gasteiger partial charge < -0.3 is 10.5 Å². The Morgan fingerprint density at radius 1 is 1.50 bits per heavy atom. The first-order valence-electron chi connectivity index (χ1n) is 4.42. The van der Waals surface area contributed by atoms with Crippen molar-refractivity contribution in [2.24, 2.45) is 5.73 Å². The summed E-state index contributed by atoms with van der Waals surface area (Å²) in [4.78, 5) is 0. The second-order valence-electron chi connectivity index (χ2n) is 2.89. The third-order valence-electron chi connectivity index (χ3n) is 1.84. The van der Waals surface area contributed by atoms with Crippen LogP contribution < -0.4 is 5.73 Å². The maximum absolute atomic E-state index is 13.6. The van der Waals surface area contributed by atoms with E-state index in [9.17, 15) is 4.39 Å². The van der Waals surface area contributed by atoms with E-state index in [1.807, 2.05) is 0 Å². The first-order chi connectivity index (χ1) is 6.79. The maximum atomic E-state index is 13.6. The highest BCUT2D eigenvalue weighted by atomic mass is 19.1. The van der Waals surface area contributed by atoms with Crippen molar-refractivity contribution in [1.82, 2.24) is 0 Å². The molecule has 2 N–H and O–H groups in total. The predicted molar refractivity (Wildman–Crippen MR) is 55.2 cm³/mol. The van der Waals surface area contributed by atoms with E-state index in [4.69, 9.17) is 10.5 Å². The van der Waals surface area contributed by atoms with Gasteiger partial charge in [-0.15, -0.1) is 0 Å². The lowest BCUT2D eigenvalue weighted by Gasteiger charge is -2.03. The molecule has 1 rings (SSSR count). The number of benzene rings is 1. The molecule has 0 radical (unpaired) electrons. The van der Waals surface area contributed by atoms with Crippen molar-refractivity contribution < 1.29 is 9.13 Å². The van der Waals surface area contributed by atoms with Crippen LogP contribution in [0.3, 0.4) is 0 Å². The van der Waals surface area contributed by atoms with Crippen LogP contribution in [-0.2, 0) is 11.3 Å². The molecule has 0 bridgehead atoms. The second-order valence-corrected chi connectivity index (χ2v) is 2.89. The molecule has 0 aromatic heterocycles. The number of rotatable bonds is 4. The van der Waals surface area contributed by atoms with Crippen LogP contribution in [0.1, 0.15) is 11.1 Å². The molecular formula is C11H14FNO. The van der Waals surface area contributed by atoms with Gasteiger partial charge in [0.2, 0.25) is 0 Å². The van der Waals surface area contributed by atoms with E-state index in [0.29, 0.717) is 17.7 Å². The first-order valence-corrected chi connectivity index (χ1v) is 4.42. The zero-order chi connectivity index (χ0) is 10.4. The van der Waals surface area contributed by atoms with Gasteiger partial charge in [-0.2, -0.15) is 0 Å². The van der Waals surface area contributed by atoms with Crippen molar-refractivity contribution in [3.63, 3.8) is 0 Å². The highest BCUT2D eigenvalue weighted by Crippen LogP contribution is 2.14. The van der Waals surface area contributed by atoms with Crippen molar-refractivity contribution >= 4 is 6.08 Å². The molecular weight excluding hydrogens is 181 g/mol. The second kappa shape index (κ2) is 5.52. The predicted octanol–water partition coefficient (Wildman–Crippen LogP) is 1.94. The largest absolute Gasteiger partial charge is 0.380 e. The zero-order valence-corrected chi connectivity index (χ0v) is 8.16. The summed E-state index contributed by atoms with van der Waals surface area (Å²) in [7, 11) is 1.54. The van der Waals surface area contributed by atoms with Crippen LogP contribution in [0.25, 0.3) is 6.08 Å². The van der Waals surface area contributed by atoms with Gasteiger partial charge in [-0.05, 0) is 0 Å². The maximum Gasteiger partial charge on any atom is 0.135 e. The summed E-state index contributed by atoms with van der Waals surface area (Å²) in [6.07, 6.45) is 3.39. The van der Waals surface area contributed by atoms with Crippen molar-refractivity contribution in [3.8, 4) is 0 Å². The average Bonchev–Trinajstić information content (AvgIpc) is 2.20. The molecule has 0 fully saturated rings. The van der Waals surface area contributed by atoms with E-state index in [1.165, 1.54) is 0 Å². The molecule has 0 saturated heterocycles. The Bertz CT molecular complexity index is 323. The molecule has 2 nitrogen and oxygen atoms in total. The van der Waals surface area contributed by atoms with Crippen LogP contribution in [0.15, 0.2) is 24.3 Å². The molecule has 0 unspecified atom stereocenters. The topological polar surface area (TPSA) is 35.2 Å². The lowest BCUT2D eigenvalue weighted by molar-refractivity contribution is 0.181. The van der Waals surface area contributed by atoms with Crippen LogP contribution in [-0.4, -0.2) is 13.7 Å². The number of nitrogens with two attached hydrogens (primary N) is 1. The SMILES string of the molecule is COCc1cccc(/C=C/CN)c1F. The Morgan fingerprint density at radius 2 is 2.29 bits per heavy atom. The van der Waals surface area contributed by atoms with Crippen molar-refractivity contribution in [2.45, 2.75) is 6.61 Å². The summed E-state index contributed by atoms with van der Waals surface area (Å²) in [5, 5.41) is 0. The Hall–Kier alpha value is -1.19. The number of hydrogen-bond donors (Lipinski definition) is 1. The molecule has 3 heteroatoms. The molecule has 0 saturated carbocycles. The molecule has 0 amide bonds. The summed E-state index contributed by atoms with van der Waals surface area (Å²) in [5.74, 6) is -0.237. The molecule has 0 aliphatic carbocycles. The van der Waals surface area contributed by atoms with Gasteiger partial charge in [0.15, 0.2) is 0 Å². The fourth-order valence-electron chi connectivity index (χ4n) is 1.19. The first kappa shape index (κ1) is 10.9. The third-order valence-corrected chi connectivity index (χ3v) is 1.84. The van der Waals surface area contributed by atoms with Crippen LogP contribution >= 0.6 is 0 Å². The lowest BCUT2D eigenvalue weighted by atomic mass is 10.1. The summed E-state index contributed by atoms with van der Waals surface area (Å²) >= 11 is 0. The van der Waals surface area contributed by atoms with Crippen LogP contribution in [0.5, 0.6) is 0 Å². The summed E-state index contributed by atoms with van der Waals surface area (Å²) in [5.41, 5.74) is 6.40. The van der Waals surface area contributed by atoms with Gasteiger partial charge in [-0.3, -0.25) is 0 Å². The summed E-state index contributed by atoms with van der Waals surface area (Å²) < 4.78 is 18.5. The van der Waals surface area contributed by atoms with E-state index >= 15 is 0 Å². The summed E-state index contributed by atoms with van der Waals surface area (Å²) in [6.45, 7) is 0.698. The monoisotopic (exact) mass is 195 g/mol. The van der Waals surface area contributed by atoms with E-state index in [1.54, 1.807) is 37.5 Å². The fraction of sp³-hybridized carbons (Fsp3) is 0.273. The average molecular weight is 195 g/mol. The molecule has 0 spiro atoms. The van der Waals surface area contributed by atoms with Gasteiger partial charge in [0.05, 0.1) is 6.61 Å². The minimum absolute atomic E-state index is 0.237. The quantitative estimate of drug-likeness (QED) is 0.796. The minimum Gasteiger partial charge on any atom is -0.380 e. The highest BCUT2D eigenvalue weighted by Gasteiger charge is 2.04. The molecule has 0 heterocycles. The van der Waals surface area contributed by atoms with Crippen LogP contribution in [0, 0.1) is 5.82 Å².